The van der Waals surface area contributed by atoms with Crippen molar-refractivity contribution in [1.29, 1.82) is 0 Å². The van der Waals surface area contributed by atoms with Crippen LogP contribution in [0.5, 0.6) is 0 Å². The van der Waals surface area contributed by atoms with E-state index in [1.807, 2.05) is 62.2 Å². The number of aromatic nitrogens is 3. The fourth-order valence-corrected chi connectivity index (χ4v) is 2.87. The number of rotatable bonds is 3. The largest absolute Gasteiger partial charge is 0.340 e. The minimum absolute atomic E-state index is 0.233. The molecule has 0 saturated carbocycles. The minimum atomic E-state index is -0.305. The Bertz CT molecular complexity index is 681. The fraction of sp³-hybridized carbons (Fsp3) is 0.500. The van der Waals surface area contributed by atoms with E-state index in [1.165, 1.54) is 0 Å². The van der Waals surface area contributed by atoms with Crippen LogP contribution in [0.25, 0.3) is 5.69 Å². The predicted molar refractivity (Wildman–Crippen MR) is 92.7 cm³/mol. The smallest absolute Gasteiger partial charge is 0.228 e. The second-order valence-corrected chi connectivity index (χ2v) is 7.28. The topological polar surface area (TPSA) is 54.3 Å². The van der Waals surface area contributed by atoms with Crippen LogP contribution < -0.4 is 0 Å². The summed E-state index contributed by atoms with van der Waals surface area (Å²) < 4.78 is 0. The van der Waals surface area contributed by atoms with Gasteiger partial charge >= 0.3 is 0 Å². The Morgan fingerprint density at radius 2 is 1.75 bits per heavy atom. The van der Waals surface area contributed by atoms with Crippen LogP contribution in [0.3, 0.4) is 0 Å². The van der Waals surface area contributed by atoms with Gasteiger partial charge in [0.2, 0.25) is 5.91 Å². The molecule has 0 unspecified atom stereocenters. The zero-order valence-corrected chi connectivity index (χ0v) is 14.6. The summed E-state index contributed by atoms with van der Waals surface area (Å²) in [6.07, 6.45) is 1.82. The van der Waals surface area contributed by atoms with Gasteiger partial charge in [-0.15, -0.1) is 0 Å². The second kappa shape index (κ2) is 6.73. The molecule has 24 heavy (non-hydrogen) atoms. The van der Waals surface area contributed by atoms with Gasteiger partial charge in [-0.1, -0.05) is 39.0 Å². The molecule has 0 bridgehead atoms. The highest BCUT2D eigenvalue weighted by Crippen LogP contribution is 2.19. The number of nitrogens with zero attached hydrogens (tertiary/aromatic N) is 5. The third-order valence-corrected chi connectivity index (χ3v) is 4.21. The Balaban J connectivity index is 1.56. The van der Waals surface area contributed by atoms with Crippen LogP contribution in [0, 0.1) is 5.41 Å². The molecule has 1 aromatic carbocycles. The van der Waals surface area contributed by atoms with Crippen molar-refractivity contribution in [1.82, 2.24) is 24.8 Å². The van der Waals surface area contributed by atoms with Crippen LogP contribution in [-0.2, 0) is 11.3 Å². The van der Waals surface area contributed by atoms with Crippen LogP contribution in [0.1, 0.15) is 26.5 Å². The van der Waals surface area contributed by atoms with Gasteiger partial charge in [0, 0.05) is 38.1 Å². The van der Waals surface area contributed by atoms with Crippen molar-refractivity contribution in [3.63, 3.8) is 0 Å². The quantitative estimate of drug-likeness (QED) is 0.865. The number of carbonyl (C=O) groups excluding carboxylic acids is 1. The number of carbonyl (C=O) groups is 1. The fourth-order valence-electron chi connectivity index (χ4n) is 2.87. The molecule has 0 radical (unpaired) electrons. The summed E-state index contributed by atoms with van der Waals surface area (Å²) >= 11 is 0. The maximum Gasteiger partial charge on any atom is 0.228 e. The maximum atomic E-state index is 12.3. The van der Waals surface area contributed by atoms with Crippen LogP contribution in [0.2, 0.25) is 0 Å². The number of piperazine rings is 1. The van der Waals surface area contributed by atoms with Gasteiger partial charge in [-0.3, -0.25) is 9.69 Å². The summed E-state index contributed by atoms with van der Waals surface area (Å²) in [6, 6.07) is 9.90. The van der Waals surface area contributed by atoms with Crippen molar-refractivity contribution < 1.29 is 4.79 Å². The van der Waals surface area contributed by atoms with Crippen molar-refractivity contribution in [3.05, 3.63) is 42.2 Å². The number of hydrogen-bond acceptors (Lipinski definition) is 4. The summed E-state index contributed by atoms with van der Waals surface area (Å²) in [4.78, 5) is 18.3. The zero-order valence-electron chi connectivity index (χ0n) is 14.6. The Morgan fingerprint density at radius 3 is 2.38 bits per heavy atom. The molecule has 0 atom stereocenters. The molecule has 1 amide bonds. The summed E-state index contributed by atoms with van der Waals surface area (Å²) in [7, 11) is 0. The summed E-state index contributed by atoms with van der Waals surface area (Å²) in [5, 5.41) is 8.89. The highest BCUT2D eigenvalue weighted by molar-refractivity contribution is 5.81. The molecule has 0 spiro atoms. The lowest BCUT2D eigenvalue weighted by Crippen LogP contribution is -2.51. The molecule has 2 heterocycles. The monoisotopic (exact) mass is 327 g/mol. The SMILES string of the molecule is CC(C)(C)C(=O)N1CCN(Cc2cnn(-c3ccccc3)n2)CC1. The molecule has 0 N–H and O–H groups in total. The zero-order chi connectivity index (χ0) is 17.2. The maximum absolute atomic E-state index is 12.3. The number of para-hydroxylation sites is 1. The summed E-state index contributed by atoms with van der Waals surface area (Å²) in [5.41, 5.74) is 1.61. The minimum Gasteiger partial charge on any atom is -0.340 e. The lowest BCUT2D eigenvalue weighted by Gasteiger charge is -2.37. The molecule has 1 aromatic heterocycles. The molecular formula is C18H25N5O. The van der Waals surface area contributed by atoms with Gasteiger partial charge in [-0.2, -0.15) is 15.0 Å². The van der Waals surface area contributed by atoms with E-state index >= 15 is 0 Å². The van der Waals surface area contributed by atoms with Crippen molar-refractivity contribution in [2.24, 2.45) is 5.41 Å². The number of hydrogen-bond donors (Lipinski definition) is 0. The lowest BCUT2D eigenvalue weighted by atomic mass is 9.94. The molecule has 1 aliphatic heterocycles. The lowest BCUT2D eigenvalue weighted by molar-refractivity contribution is -0.141. The second-order valence-electron chi connectivity index (χ2n) is 7.28. The van der Waals surface area contributed by atoms with Crippen LogP contribution in [-0.4, -0.2) is 56.9 Å². The Labute approximate surface area is 143 Å². The molecule has 1 aliphatic rings. The molecule has 2 aromatic rings. The molecule has 6 heteroatoms. The van der Waals surface area contributed by atoms with Crippen LogP contribution >= 0.6 is 0 Å². The van der Waals surface area contributed by atoms with Crippen molar-refractivity contribution in [3.8, 4) is 5.69 Å². The number of amides is 1. The van der Waals surface area contributed by atoms with Gasteiger partial charge in [0.15, 0.2) is 0 Å². The van der Waals surface area contributed by atoms with E-state index in [4.69, 9.17) is 0 Å². The molecule has 3 rings (SSSR count). The third kappa shape index (κ3) is 3.82. The average molecular weight is 327 g/mol. The van der Waals surface area contributed by atoms with Gasteiger partial charge in [0.25, 0.3) is 0 Å². The third-order valence-electron chi connectivity index (χ3n) is 4.21. The first-order valence-electron chi connectivity index (χ1n) is 8.42. The Morgan fingerprint density at radius 1 is 1.08 bits per heavy atom. The van der Waals surface area contributed by atoms with Gasteiger partial charge in [0.05, 0.1) is 17.6 Å². The van der Waals surface area contributed by atoms with Crippen LogP contribution in [0.4, 0.5) is 0 Å². The van der Waals surface area contributed by atoms with Crippen molar-refractivity contribution in [2.45, 2.75) is 27.3 Å². The highest BCUT2D eigenvalue weighted by atomic mass is 16.2. The first-order valence-corrected chi connectivity index (χ1v) is 8.42. The molecular weight excluding hydrogens is 302 g/mol. The molecule has 1 saturated heterocycles. The van der Waals surface area contributed by atoms with E-state index in [-0.39, 0.29) is 11.3 Å². The van der Waals surface area contributed by atoms with Gasteiger partial charge in [0.1, 0.15) is 0 Å². The van der Waals surface area contributed by atoms with E-state index in [2.05, 4.69) is 15.1 Å². The number of benzene rings is 1. The average Bonchev–Trinajstić information content (AvgIpc) is 3.03. The Hall–Kier alpha value is -2.21. The van der Waals surface area contributed by atoms with Crippen molar-refractivity contribution in [2.75, 3.05) is 26.2 Å². The molecule has 0 aliphatic carbocycles. The van der Waals surface area contributed by atoms with E-state index in [0.29, 0.717) is 0 Å². The molecule has 6 nitrogen and oxygen atoms in total. The first-order chi connectivity index (χ1) is 11.4. The van der Waals surface area contributed by atoms with Gasteiger partial charge in [-0.05, 0) is 12.1 Å². The molecule has 1 fully saturated rings. The first kappa shape index (κ1) is 16.6. The standard InChI is InChI=1S/C18H25N5O/c1-18(2,3)17(24)22-11-9-21(10-12-22)14-15-13-19-23(20-15)16-7-5-4-6-8-16/h4-8,13H,9-12,14H2,1-3H3. The predicted octanol–water partition coefficient (Wildman–Crippen LogP) is 1.96. The van der Waals surface area contributed by atoms with Gasteiger partial charge < -0.3 is 4.90 Å². The molecule has 128 valence electrons. The Kier molecular flexibility index (Phi) is 4.66. The normalized spacial score (nSPS) is 16.4. The van der Waals surface area contributed by atoms with E-state index in [1.54, 1.807) is 4.80 Å². The summed E-state index contributed by atoms with van der Waals surface area (Å²) in [5.74, 6) is 0.233. The van der Waals surface area contributed by atoms with E-state index in [9.17, 15) is 4.79 Å². The highest BCUT2D eigenvalue weighted by Gasteiger charge is 2.29. The van der Waals surface area contributed by atoms with Gasteiger partial charge in [-0.25, -0.2) is 0 Å². The van der Waals surface area contributed by atoms with Crippen LogP contribution in [0.15, 0.2) is 36.5 Å². The summed E-state index contributed by atoms with van der Waals surface area (Å²) in [6.45, 7) is 10.0. The van der Waals surface area contributed by atoms with Crippen molar-refractivity contribution >= 4 is 5.91 Å². The van der Waals surface area contributed by atoms with E-state index in [0.717, 1.165) is 44.1 Å². The van der Waals surface area contributed by atoms with E-state index < -0.39 is 0 Å².